The van der Waals surface area contributed by atoms with Gasteiger partial charge in [0.05, 0.1) is 11.4 Å². The zero-order chi connectivity index (χ0) is 62.2. The van der Waals surface area contributed by atoms with Crippen LogP contribution in [0.25, 0.3) is 111 Å². The lowest BCUT2D eigenvalue weighted by Gasteiger charge is -2.46. The molecular formula is C90H65BN2. The molecule has 15 aromatic rings. The van der Waals surface area contributed by atoms with E-state index < -0.39 is 0 Å². The lowest BCUT2D eigenvalue weighted by atomic mass is 9.33. The number of anilines is 6. The van der Waals surface area contributed by atoms with Crippen molar-refractivity contribution in [1.29, 1.82) is 0 Å². The number of fused-ring (bicyclic) bond motifs is 6. The van der Waals surface area contributed by atoms with Gasteiger partial charge in [0.15, 0.2) is 0 Å². The van der Waals surface area contributed by atoms with E-state index in [9.17, 15) is 0 Å². The number of hydrogen-bond donors (Lipinski definition) is 0. The van der Waals surface area contributed by atoms with Crippen LogP contribution in [-0.4, -0.2) is 6.71 Å². The van der Waals surface area contributed by atoms with Crippen molar-refractivity contribution in [2.45, 2.75) is 26.2 Å². The smallest absolute Gasteiger partial charge is 0.252 e. The SMILES string of the molecule is CC(C)(C)c1cc2c3c(c1)N(c1c(-c4ccccc4)cccc1-c1ccccc1)c1cc(-c4ccc5c(-c6ccccc6)c6ccccc6c(-c6ccccc6)c5c4)ccc1B3c1cc(-c3ccccc3)ccc1N2c1c(-c2ccccc2)cccc1-c1ccccc1. The van der Waals surface area contributed by atoms with Crippen LogP contribution in [0.3, 0.4) is 0 Å². The zero-order valence-corrected chi connectivity index (χ0v) is 52.3. The van der Waals surface area contributed by atoms with Crippen molar-refractivity contribution in [2.24, 2.45) is 0 Å². The molecule has 93 heavy (non-hydrogen) atoms. The summed E-state index contributed by atoms with van der Waals surface area (Å²) in [5.41, 5.74) is 30.5. The Balaban J connectivity index is 1.01. The Bertz CT molecular complexity index is 5220. The lowest BCUT2D eigenvalue weighted by Crippen LogP contribution is -2.61. The minimum Gasteiger partial charge on any atom is -0.310 e. The van der Waals surface area contributed by atoms with E-state index in [0.29, 0.717) is 0 Å². The first-order chi connectivity index (χ1) is 45.8. The van der Waals surface area contributed by atoms with Crippen molar-refractivity contribution in [3.63, 3.8) is 0 Å². The fraction of sp³-hybridized carbons (Fsp3) is 0.0444. The quantitative estimate of drug-likeness (QED) is 0.0995. The van der Waals surface area contributed by atoms with Gasteiger partial charge in [-0.15, -0.1) is 0 Å². The molecule has 0 radical (unpaired) electrons. The van der Waals surface area contributed by atoms with Gasteiger partial charge < -0.3 is 9.80 Å². The van der Waals surface area contributed by atoms with Crippen LogP contribution in [0, 0.1) is 0 Å². The molecular weight excluding hydrogens is 1120 g/mol. The van der Waals surface area contributed by atoms with E-state index in [0.717, 1.165) is 84.1 Å². The minimum absolute atomic E-state index is 0.187. The van der Waals surface area contributed by atoms with E-state index in [1.54, 1.807) is 0 Å². The highest BCUT2D eigenvalue weighted by Crippen LogP contribution is 2.55. The van der Waals surface area contributed by atoms with E-state index >= 15 is 0 Å². The van der Waals surface area contributed by atoms with Crippen molar-refractivity contribution in [3.8, 4) is 89.0 Å². The normalized spacial score (nSPS) is 12.4. The molecule has 2 aliphatic heterocycles. The summed E-state index contributed by atoms with van der Waals surface area (Å²) in [5.74, 6) is 0. The van der Waals surface area contributed by atoms with Gasteiger partial charge in [0.2, 0.25) is 0 Å². The fourth-order valence-corrected chi connectivity index (χ4v) is 15.1. The Kier molecular flexibility index (Phi) is 13.6. The molecule has 0 unspecified atom stereocenters. The predicted molar refractivity (Wildman–Crippen MR) is 398 cm³/mol. The molecule has 0 aromatic heterocycles. The molecule has 0 spiro atoms. The molecule has 438 valence electrons. The van der Waals surface area contributed by atoms with Crippen LogP contribution in [0.2, 0.25) is 0 Å². The summed E-state index contributed by atoms with van der Waals surface area (Å²) in [4.78, 5) is 5.35. The number of hydrogen-bond acceptors (Lipinski definition) is 2. The third-order valence-electron chi connectivity index (χ3n) is 19.4. The summed E-state index contributed by atoms with van der Waals surface area (Å²) < 4.78 is 0. The molecule has 0 aliphatic carbocycles. The zero-order valence-electron chi connectivity index (χ0n) is 52.3. The Labute approximate surface area is 545 Å². The molecule has 17 rings (SSSR count). The fourth-order valence-electron chi connectivity index (χ4n) is 15.1. The van der Waals surface area contributed by atoms with Crippen LogP contribution in [-0.2, 0) is 5.41 Å². The van der Waals surface area contributed by atoms with Crippen LogP contribution in [0.15, 0.2) is 340 Å². The maximum Gasteiger partial charge on any atom is 0.252 e. The van der Waals surface area contributed by atoms with Gasteiger partial charge in [-0.05, 0) is 146 Å². The van der Waals surface area contributed by atoms with Crippen molar-refractivity contribution >= 4 is 78.8 Å². The highest BCUT2D eigenvalue weighted by molar-refractivity contribution is 7.00. The van der Waals surface area contributed by atoms with Gasteiger partial charge in [-0.3, -0.25) is 0 Å². The molecule has 0 bridgehead atoms. The second-order valence-electron chi connectivity index (χ2n) is 25.9. The Morgan fingerprint density at radius 2 is 0.591 bits per heavy atom. The standard InChI is InChI=1S/C90H65BN2/c1-90(2,3)70-58-83-87-84(59-70)93(89-73(63-35-17-7-18-36-63)47-28-48-74(89)64-37-19-8-20-38-64)82-57-69(67-49-52-77-78(55-67)86(66-41-23-10-24-42-66)76-44-26-25-43-75(76)85(77)65-39-21-9-22-40-65)50-53-79(82)91(87)80-56-68(60-29-11-4-12-30-60)51-54-81(80)92(83)88-71(61-31-13-5-14-32-61)45-27-46-72(88)62-33-15-6-16-34-62/h4-59H,1-3H3. The summed E-state index contributed by atoms with van der Waals surface area (Å²) in [6.45, 7) is 6.94. The topological polar surface area (TPSA) is 6.48 Å². The number of nitrogens with zero attached hydrogens (tertiary/aromatic N) is 2. The Morgan fingerprint density at radius 3 is 1.04 bits per heavy atom. The summed E-state index contributed by atoms with van der Waals surface area (Å²) in [5, 5.41) is 4.92. The summed E-state index contributed by atoms with van der Waals surface area (Å²) in [6.07, 6.45) is 0. The van der Waals surface area contributed by atoms with Gasteiger partial charge in [-0.2, -0.15) is 0 Å². The molecule has 0 N–H and O–H groups in total. The number of para-hydroxylation sites is 2. The first kappa shape index (κ1) is 55.5. The number of benzene rings is 15. The highest BCUT2D eigenvalue weighted by Gasteiger charge is 2.46. The maximum absolute atomic E-state index is 2.69. The molecule has 3 heteroatoms. The first-order valence-electron chi connectivity index (χ1n) is 32.5. The molecule has 2 aliphatic rings. The van der Waals surface area contributed by atoms with Crippen molar-refractivity contribution in [2.75, 3.05) is 9.80 Å². The van der Waals surface area contributed by atoms with E-state index in [-0.39, 0.29) is 12.1 Å². The van der Waals surface area contributed by atoms with Crippen LogP contribution in [0.5, 0.6) is 0 Å². The van der Waals surface area contributed by atoms with E-state index in [2.05, 4.69) is 370 Å². The van der Waals surface area contributed by atoms with Gasteiger partial charge >= 0.3 is 0 Å². The van der Waals surface area contributed by atoms with E-state index in [1.165, 1.54) is 82.6 Å². The van der Waals surface area contributed by atoms with Gasteiger partial charge in [0.1, 0.15) is 0 Å². The van der Waals surface area contributed by atoms with Gasteiger partial charge in [-0.1, -0.05) is 330 Å². The third-order valence-corrected chi connectivity index (χ3v) is 19.4. The molecule has 0 saturated carbocycles. The Hall–Kier alpha value is -11.5. The molecule has 0 saturated heterocycles. The van der Waals surface area contributed by atoms with Gasteiger partial charge in [0, 0.05) is 45.0 Å². The van der Waals surface area contributed by atoms with Crippen molar-refractivity contribution < 1.29 is 0 Å². The van der Waals surface area contributed by atoms with Crippen LogP contribution >= 0.6 is 0 Å². The van der Waals surface area contributed by atoms with Gasteiger partial charge in [0.25, 0.3) is 6.71 Å². The third kappa shape index (κ3) is 9.50. The average Bonchev–Trinajstić information content (AvgIpc) is 0.701. The average molecular weight is 1190 g/mol. The summed E-state index contributed by atoms with van der Waals surface area (Å²) >= 11 is 0. The van der Waals surface area contributed by atoms with Crippen LogP contribution in [0.4, 0.5) is 34.1 Å². The maximum atomic E-state index is 2.69. The second-order valence-corrected chi connectivity index (χ2v) is 25.9. The molecule has 2 nitrogen and oxygen atoms in total. The molecule has 2 heterocycles. The molecule has 0 amide bonds. The highest BCUT2D eigenvalue weighted by atomic mass is 15.2. The molecule has 15 aromatic carbocycles. The number of rotatable bonds is 10. The summed E-state index contributed by atoms with van der Waals surface area (Å²) in [6, 6.07) is 127. The minimum atomic E-state index is -0.273. The molecule has 0 atom stereocenters. The Morgan fingerprint density at radius 1 is 0.237 bits per heavy atom. The van der Waals surface area contributed by atoms with Crippen LogP contribution in [0.1, 0.15) is 26.3 Å². The van der Waals surface area contributed by atoms with Gasteiger partial charge in [-0.25, -0.2) is 0 Å². The second kappa shape index (κ2) is 22.8. The van der Waals surface area contributed by atoms with Crippen molar-refractivity contribution in [3.05, 3.63) is 345 Å². The summed E-state index contributed by atoms with van der Waals surface area (Å²) in [7, 11) is 0. The largest absolute Gasteiger partial charge is 0.310 e. The van der Waals surface area contributed by atoms with Crippen LogP contribution < -0.4 is 26.2 Å². The van der Waals surface area contributed by atoms with E-state index in [1.807, 2.05) is 0 Å². The van der Waals surface area contributed by atoms with E-state index in [4.69, 9.17) is 0 Å². The molecule has 0 fully saturated rings. The predicted octanol–water partition coefficient (Wildman–Crippen LogP) is 22.7. The monoisotopic (exact) mass is 1180 g/mol. The van der Waals surface area contributed by atoms with Crippen molar-refractivity contribution in [1.82, 2.24) is 0 Å². The first-order valence-corrected chi connectivity index (χ1v) is 32.5. The lowest BCUT2D eigenvalue weighted by molar-refractivity contribution is 0.590.